The Morgan fingerprint density at radius 3 is 1.92 bits per heavy atom. The Morgan fingerprint density at radius 1 is 0.958 bits per heavy atom. The van der Waals surface area contributed by atoms with Gasteiger partial charge in [0, 0.05) is 7.11 Å². The highest BCUT2D eigenvalue weighted by atomic mass is 16.7. The zero-order chi connectivity index (χ0) is 16.9. The zero-order valence-corrected chi connectivity index (χ0v) is 13.5. The topological polar surface area (TPSA) is 72.9 Å². The van der Waals surface area contributed by atoms with Crippen LogP contribution < -0.4 is 0 Å². The molecule has 3 aliphatic carbocycles. The van der Waals surface area contributed by atoms with Crippen LogP contribution in [-0.2, 0) is 14.4 Å². The van der Waals surface area contributed by atoms with Crippen LogP contribution in [0.1, 0.15) is 59.2 Å². The molecule has 6 nitrogen and oxygen atoms in total. The fraction of sp³-hybridized carbons (Fsp3) is 0.500. The summed E-state index contributed by atoms with van der Waals surface area (Å²) >= 11 is 0. The lowest BCUT2D eigenvalue weighted by Gasteiger charge is -2.50. The molecule has 4 aliphatic rings. The first-order valence-corrected chi connectivity index (χ1v) is 8.26. The Morgan fingerprint density at radius 2 is 1.46 bits per heavy atom. The number of hydrogen-bond acceptors (Lipinski definition) is 5. The number of imide groups is 1. The molecule has 1 aliphatic heterocycles. The predicted molar refractivity (Wildman–Crippen MR) is 82.9 cm³/mol. The Labute approximate surface area is 139 Å². The molecule has 2 amide bonds. The maximum Gasteiger partial charge on any atom is 0.339 e. The average molecular weight is 329 g/mol. The fourth-order valence-electron chi connectivity index (χ4n) is 4.19. The monoisotopic (exact) mass is 329 g/mol. The number of carbonyl (C=O) groups excluding carboxylic acids is 3. The van der Waals surface area contributed by atoms with Gasteiger partial charge in [0.15, 0.2) is 0 Å². The van der Waals surface area contributed by atoms with Gasteiger partial charge >= 0.3 is 5.97 Å². The molecule has 0 radical (unpaired) electrons. The number of fused-ring (bicyclic) bond motifs is 4. The number of hydrogen-bond donors (Lipinski definition) is 0. The molecule has 6 heteroatoms. The summed E-state index contributed by atoms with van der Waals surface area (Å²) in [7, 11) is 1.72. The van der Waals surface area contributed by atoms with Gasteiger partial charge in [-0.1, -0.05) is 17.2 Å². The minimum Gasteiger partial charge on any atom is -0.378 e. The number of benzene rings is 1. The van der Waals surface area contributed by atoms with E-state index in [9.17, 15) is 14.4 Å². The molecule has 0 saturated heterocycles. The molecule has 1 aromatic rings. The Balaban J connectivity index is 1.52. The van der Waals surface area contributed by atoms with Crippen LogP contribution in [0, 0.1) is 5.41 Å². The first-order valence-electron chi connectivity index (χ1n) is 8.26. The minimum absolute atomic E-state index is 0.114. The predicted octanol–water partition coefficient (Wildman–Crippen LogP) is 2.48. The van der Waals surface area contributed by atoms with Crippen LogP contribution in [0.5, 0.6) is 0 Å². The third-order valence-electron chi connectivity index (χ3n) is 5.97. The lowest BCUT2D eigenvalue weighted by Crippen LogP contribution is -2.52. The highest BCUT2D eigenvalue weighted by Crippen LogP contribution is 2.54. The molecule has 0 unspecified atom stereocenters. The van der Waals surface area contributed by atoms with Gasteiger partial charge in [-0.25, -0.2) is 4.79 Å². The number of hydroxylamine groups is 2. The highest BCUT2D eigenvalue weighted by Gasteiger charge is 2.55. The van der Waals surface area contributed by atoms with Crippen molar-refractivity contribution in [1.29, 1.82) is 0 Å². The second kappa shape index (κ2) is 5.14. The second-order valence-corrected chi connectivity index (χ2v) is 7.00. The van der Waals surface area contributed by atoms with Crippen LogP contribution in [-0.4, -0.2) is 35.6 Å². The molecule has 3 fully saturated rings. The van der Waals surface area contributed by atoms with E-state index in [2.05, 4.69) is 0 Å². The van der Waals surface area contributed by atoms with Crippen molar-refractivity contribution >= 4 is 17.8 Å². The van der Waals surface area contributed by atoms with E-state index in [4.69, 9.17) is 9.57 Å². The van der Waals surface area contributed by atoms with Crippen LogP contribution >= 0.6 is 0 Å². The number of ether oxygens (including phenoxy) is 1. The zero-order valence-electron chi connectivity index (χ0n) is 13.5. The van der Waals surface area contributed by atoms with Crippen LogP contribution in [0.2, 0.25) is 0 Å². The SMILES string of the molecule is COC12CCC(C(=O)ON3C(=O)c4ccccc4C3=O)(CC1)CC2. The number of methoxy groups -OCH3 is 1. The van der Waals surface area contributed by atoms with Crippen molar-refractivity contribution in [3.05, 3.63) is 35.4 Å². The summed E-state index contributed by atoms with van der Waals surface area (Å²) in [6.07, 6.45) is 4.43. The van der Waals surface area contributed by atoms with Gasteiger partial charge in [0.1, 0.15) is 0 Å². The lowest BCUT2D eigenvalue weighted by molar-refractivity contribution is -0.196. The van der Waals surface area contributed by atoms with Gasteiger partial charge in [-0.15, -0.1) is 0 Å². The Bertz CT molecular complexity index is 681. The first kappa shape index (κ1) is 15.3. The largest absolute Gasteiger partial charge is 0.378 e. The van der Waals surface area contributed by atoms with Gasteiger partial charge in [0.2, 0.25) is 0 Å². The third-order valence-corrected chi connectivity index (χ3v) is 5.97. The van der Waals surface area contributed by atoms with E-state index in [0.29, 0.717) is 24.3 Å². The normalized spacial score (nSPS) is 31.3. The molecule has 0 aromatic heterocycles. The van der Waals surface area contributed by atoms with Crippen molar-refractivity contribution in [2.24, 2.45) is 5.41 Å². The van der Waals surface area contributed by atoms with E-state index >= 15 is 0 Å². The summed E-state index contributed by atoms with van der Waals surface area (Å²) in [5.41, 5.74) is -0.162. The molecule has 2 bridgehead atoms. The standard InChI is InChI=1S/C18H19NO5/c1-23-18-9-6-17(7-10-18,8-11-18)16(22)24-19-14(20)12-4-2-3-5-13(12)15(19)21/h2-5H,6-11H2,1H3. The van der Waals surface area contributed by atoms with Gasteiger partial charge < -0.3 is 9.57 Å². The maximum atomic E-state index is 12.8. The summed E-state index contributed by atoms with van der Waals surface area (Å²) in [5.74, 6) is -1.61. The van der Waals surface area contributed by atoms with E-state index in [0.717, 1.165) is 19.3 Å². The number of rotatable bonds is 3. The van der Waals surface area contributed by atoms with Gasteiger partial charge in [-0.05, 0) is 50.7 Å². The highest BCUT2D eigenvalue weighted by molar-refractivity contribution is 6.20. The van der Waals surface area contributed by atoms with Crippen molar-refractivity contribution in [2.45, 2.75) is 44.1 Å². The van der Waals surface area contributed by atoms with Crippen molar-refractivity contribution in [3.63, 3.8) is 0 Å². The van der Waals surface area contributed by atoms with Crippen molar-refractivity contribution in [3.8, 4) is 0 Å². The molecule has 0 atom stereocenters. The molecule has 0 N–H and O–H groups in total. The van der Waals surface area contributed by atoms with Gasteiger partial charge in [-0.2, -0.15) is 0 Å². The Kier molecular flexibility index (Phi) is 3.28. The number of carbonyl (C=O) groups is 3. The third kappa shape index (κ3) is 2.02. The van der Waals surface area contributed by atoms with Crippen LogP contribution in [0.4, 0.5) is 0 Å². The smallest absolute Gasteiger partial charge is 0.339 e. The van der Waals surface area contributed by atoms with Crippen molar-refractivity contribution in [1.82, 2.24) is 5.06 Å². The summed E-state index contributed by atoms with van der Waals surface area (Å²) < 4.78 is 5.63. The second-order valence-electron chi connectivity index (χ2n) is 7.00. The summed E-state index contributed by atoms with van der Waals surface area (Å²) in [5, 5.41) is 0.620. The van der Waals surface area contributed by atoms with Crippen LogP contribution in [0.3, 0.4) is 0 Å². The van der Waals surface area contributed by atoms with Gasteiger partial charge in [0.05, 0.1) is 22.1 Å². The Hall–Kier alpha value is -2.21. The number of amides is 2. The van der Waals surface area contributed by atoms with Crippen molar-refractivity contribution < 1.29 is 24.0 Å². The molecule has 1 heterocycles. The summed E-state index contributed by atoms with van der Waals surface area (Å²) in [4.78, 5) is 42.7. The van der Waals surface area contributed by atoms with Crippen LogP contribution in [0.15, 0.2) is 24.3 Å². The minimum atomic E-state index is -0.602. The first-order chi connectivity index (χ1) is 11.5. The van der Waals surface area contributed by atoms with E-state index < -0.39 is 23.2 Å². The summed E-state index contributed by atoms with van der Waals surface area (Å²) in [6.45, 7) is 0. The molecule has 1 aromatic carbocycles. The lowest BCUT2D eigenvalue weighted by atomic mass is 9.58. The van der Waals surface area contributed by atoms with Gasteiger partial charge in [0.25, 0.3) is 11.8 Å². The molecule has 24 heavy (non-hydrogen) atoms. The molecular formula is C18H19NO5. The van der Waals surface area contributed by atoms with Crippen LogP contribution in [0.25, 0.3) is 0 Å². The molecular weight excluding hydrogens is 310 g/mol. The molecule has 126 valence electrons. The average Bonchev–Trinajstić information content (AvgIpc) is 2.88. The van der Waals surface area contributed by atoms with Crippen molar-refractivity contribution in [2.75, 3.05) is 7.11 Å². The molecule has 0 spiro atoms. The van der Waals surface area contributed by atoms with E-state index in [1.807, 2.05) is 0 Å². The van der Waals surface area contributed by atoms with Gasteiger partial charge in [-0.3, -0.25) is 9.59 Å². The molecule has 3 saturated carbocycles. The molecule has 5 rings (SSSR count). The maximum absolute atomic E-state index is 12.8. The van der Waals surface area contributed by atoms with E-state index in [1.165, 1.54) is 0 Å². The van der Waals surface area contributed by atoms with E-state index in [1.54, 1.807) is 31.4 Å². The fourth-order valence-corrected chi connectivity index (χ4v) is 4.19. The quantitative estimate of drug-likeness (QED) is 0.797. The van der Waals surface area contributed by atoms with E-state index in [-0.39, 0.29) is 16.7 Å². The summed E-state index contributed by atoms with van der Waals surface area (Å²) in [6, 6.07) is 6.49. The number of nitrogens with zero attached hydrogens (tertiary/aromatic N) is 1.